The molecule has 0 fully saturated rings. The van der Waals surface area contributed by atoms with Gasteiger partial charge in [0.2, 0.25) is 0 Å². The molecule has 18 heavy (non-hydrogen) atoms. The molecule has 0 saturated heterocycles. The zero-order valence-electron chi connectivity index (χ0n) is 9.92. The summed E-state index contributed by atoms with van der Waals surface area (Å²) in [4.78, 5) is 0. The molecule has 1 nitrogen and oxygen atoms in total. The summed E-state index contributed by atoms with van der Waals surface area (Å²) in [6.45, 7) is 0.138. The van der Waals surface area contributed by atoms with Crippen LogP contribution in [0.4, 0.5) is 0 Å². The number of aliphatic hydroxyl groups is 1. The van der Waals surface area contributed by atoms with Crippen LogP contribution in [0.3, 0.4) is 0 Å². The van der Waals surface area contributed by atoms with E-state index in [1.165, 1.54) is 5.56 Å². The van der Waals surface area contributed by atoms with E-state index in [-0.39, 0.29) is 11.9 Å². The predicted molar refractivity (Wildman–Crippen MR) is 79.0 cm³/mol. The number of rotatable bonds is 5. The fraction of sp³-hybridized carbons (Fsp3) is 0.200. The third-order valence-electron chi connectivity index (χ3n) is 2.70. The molecule has 0 aromatic heterocycles. The van der Waals surface area contributed by atoms with Gasteiger partial charge in [0.05, 0.1) is 11.9 Å². The Kier molecular flexibility index (Phi) is 5.12. The van der Waals surface area contributed by atoms with Crippen molar-refractivity contribution < 1.29 is 5.11 Å². The third kappa shape index (κ3) is 3.77. The fourth-order valence-corrected chi connectivity index (χ4v) is 2.87. The number of hydrogen-bond donors (Lipinski definition) is 1. The second kappa shape index (κ2) is 6.83. The summed E-state index contributed by atoms with van der Waals surface area (Å²) in [5.41, 5.74) is 2.39. The van der Waals surface area contributed by atoms with Gasteiger partial charge in [0.25, 0.3) is 0 Å². The molecule has 1 unspecified atom stereocenters. The highest BCUT2D eigenvalue weighted by molar-refractivity contribution is 7.98. The van der Waals surface area contributed by atoms with Crippen LogP contribution in [0.1, 0.15) is 16.4 Å². The van der Waals surface area contributed by atoms with Crippen molar-refractivity contribution in [3.63, 3.8) is 0 Å². The second-order valence-electron chi connectivity index (χ2n) is 4.02. The van der Waals surface area contributed by atoms with Gasteiger partial charge in [-0.15, -0.1) is 11.8 Å². The maximum Gasteiger partial charge on any atom is 0.0591 e. The first-order chi connectivity index (χ1) is 8.79. The maximum absolute atomic E-state index is 9.47. The Labute approximate surface area is 117 Å². The van der Waals surface area contributed by atoms with Gasteiger partial charge < -0.3 is 5.11 Å². The molecule has 0 aliphatic carbocycles. The molecule has 0 heterocycles. The van der Waals surface area contributed by atoms with Gasteiger partial charge in [0, 0.05) is 10.8 Å². The quantitative estimate of drug-likeness (QED) is 0.880. The second-order valence-corrected chi connectivity index (χ2v) is 5.65. The standard InChI is InChI=1S/C15H15ClOS/c16-14-8-6-13(7-9-14)15(10-17)18-11-12-4-2-1-3-5-12/h1-9,15,17H,10-11H2. The van der Waals surface area contributed by atoms with E-state index in [4.69, 9.17) is 11.6 Å². The highest BCUT2D eigenvalue weighted by Gasteiger charge is 2.10. The molecule has 0 bridgehead atoms. The first-order valence-corrected chi connectivity index (χ1v) is 7.24. The lowest BCUT2D eigenvalue weighted by atomic mass is 10.1. The van der Waals surface area contributed by atoms with Crippen LogP contribution < -0.4 is 0 Å². The van der Waals surface area contributed by atoms with E-state index in [1.807, 2.05) is 42.5 Å². The Morgan fingerprint density at radius 1 is 1.00 bits per heavy atom. The highest BCUT2D eigenvalue weighted by Crippen LogP contribution is 2.31. The first kappa shape index (κ1) is 13.5. The van der Waals surface area contributed by atoms with Gasteiger partial charge in [0.1, 0.15) is 0 Å². The molecule has 0 aliphatic heterocycles. The molecule has 2 aromatic carbocycles. The zero-order valence-corrected chi connectivity index (χ0v) is 11.5. The van der Waals surface area contributed by atoms with Crippen molar-refractivity contribution in [2.24, 2.45) is 0 Å². The molecule has 2 rings (SSSR count). The van der Waals surface area contributed by atoms with Crippen LogP contribution in [-0.4, -0.2) is 11.7 Å². The Morgan fingerprint density at radius 3 is 2.28 bits per heavy atom. The first-order valence-electron chi connectivity index (χ1n) is 5.81. The summed E-state index contributed by atoms with van der Waals surface area (Å²) in [5.74, 6) is 0.898. The summed E-state index contributed by atoms with van der Waals surface area (Å²) in [7, 11) is 0. The van der Waals surface area contributed by atoms with E-state index >= 15 is 0 Å². The molecule has 94 valence electrons. The lowest BCUT2D eigenvalue weighted by molar-refractivity contribution is 0.296. The molecular formula is C15H15ClOS. The number of thioether (sulfide) groups is 1. The fourth-order valence-electron chi connectivity index (χ4n) is 1.70. The monoisotopic (exact) mass is 278 g/mol. The van der Waals surface area contributed by atoms with Crippen LogP contribution in [0, 0.1) is 0 Å². The number of hydrogen-bond acceptors (Lipinski definition) is 2. The minimum atomic E-state index is 0.0995. The number of benzene rings is 2. The molecule has 0 spiro atoms. The third-order valence-corrected chi connectivity index (χ3v) is 4.28. The maximum atomic E-state index is 9.47. The largest absolute Gasteiger partial charge is 0.395 e. The smallest absolute Gasteiger partial charge is 0.0591 e. The molecule has 0 aliphatic rings. The van der Waals surface area contributed by atoms with Gasteiger partial charge in [-0.1, -0.05) is 54.1 Å². The summed E-state index contributed by atoms with van der Waals surface area (Å²) in [6, 6.07) is 18.0. The Balaban J connectivity index is 1.99. The summed E-state index contributed by atoms with van der Waals surface area (Å²) < 4.78 is 0. The van der Waals surface area contributed by atoms with Crippen molar-refractivity contribution in [2.75, 3.05) is 6.61 Å². The van der Waals surface area contributed by atoms with E-state index < -0.39 is 0 Å². The molecule has 3 heteroatoms. The minimum Gasteiger partial charge on any atom is -0.395 e. The molecule has 2 aromatic rings. The lowest BCUT2D eigenvalue weighted by Crippen LogP contribution is -2.00. The van der Waals surface area contributed by atoms with E-state index in [2.05, 4.69) is 12.1 Å². The molecule has 1 atom stereocenters. The summed E-state index contributed by atoms with van der Waals surface area (Å²) in [6.07, 6.45) is 0. The van der Waals surface area contributed by atoms with E-state index in [1.54, 1.807) is 11.8 Å². The van der Waals surface area contributed by atoms with Crippen LogP contribution >= 0.6 is 23.4 Å². The normalized spacial score (nSPS) is 12.3. The topological polar surface area (TPSA) is 20.2 Å². The number of aliphatic hydroxyl groups excluding tert-OH is 1. The van der Waals surface area contributed by atoms with Crippen LogP contribution in [0.5, 0.6) is 0 Å². The molecule has 1 N–H and O–H groups in total. The van der Waals surface area contributed by atoms with E-state index in [0.29, 0.717) is 0 Å². The molecule has 0 amide bonds. The van der Waals surface area contributed by atoms with Crippen molar-refractivity contribution in [3.05, 3.63) is 70.7 Å². The van der Waals surface area contributed by atoms with Crippen molar-refractivity contribution in [3.8, 4) is 0 Å². The van der Waals surface area contributed by atoms with Crippen molar-refractivity contribution in [2.45, 2.75) is 11.0 Å². The summed E-state index contributed by atoms with van der Waals surface area (Å²) in [5, 5.41) is 10.3. The Morgan fingerprint density at radius 2 is 1.67 bits per heavy atom. The van der Waals surface area contributed by atoms with E-state index in [9.17, 15) is 5.11 Å². The predicted octanol–water partition coefficient (Wildman–Crippen LogP) is 4.31. The lowest BCUT2D eigenvalue weighted by Gasteiger charge is -2.14. The average Bonchev–Trinajstić information content (AvgIpc) is 2.42. The number of halogens is 1. The Bertz CT molecular complexity index is 470. The van der Waals surface area contributed by atoms with Gasteiger partial charge in [-0.2, -0.15) is 0 Å². The van der Waals surface area contributed by atoms with Gasteiger partial charge >= 0.3 is 0 Å². The van der Waals surface area contributed by atoms with Crippen LogP contribution in [-0.2, 0) is 5.75 Å². The van der Waals surface area contributed by atoms with Crippen LogP contribution in [0.25, 0.3) is 0 Å². The van der Waals surface area contributed by atoms with Crippen LogP contribution in [0.2, 0.25) is 5.02 Å². The van der Waals surface area contributed by atoms with Gasteiger partial charge in [-0.25, -0.2) is 0 Å². The average molecular weight is 279 g/mol. The summed E-state index contributed by atoms with van der Waals surface area (Å²) >= 11 is 7.60. The zero-order chi connectivity index (χ0) is 12.8. The molecule has 0 saturated carbocycles. The van der Waals surface area contributed by atoms with Gasteiger partial charge in [0.15, 0.2) is 0 Å². The van der Waals surface area contributed by atoms with Crippen LogP contribution in [0.15, 0.2) is 54.6 Å². The molecule has 0 radical (unpaired) electrons. The van der Waals surface area contributed by atoms with Gasteiger partial charge in [-0.05, 0) is 23.3 Å². The van der Waals surface area contributed by atoms with Crippen molar-refractivity contribution >= 4 is 23.4 Å². The Hall–Kier alpha value is -0.960. The van der Waals surface area contributed by atoms with Crippen molar-refractivity contribution in [1.29, 1.82) is 0 Å². The van der Waals surface area contributed by atoms with Crippen molar-refractivity contribution in [1.82, 2.24) is 0 Å². The minimum absolute atomic E-state index is 0.0995. The highest BCUT2D eigenvalue weighted by atomic mass is 35.5. The molecular weight excluding hydrogens is 264 g/mol. The van der Waals surface area contributed by atoms with Gasteiger partial charge in [-0.3, -0.25) is 0 Å². The SMILES string of the molecule is OCC(SCc1ccccc1)c1ccc(Cl)cc1. The van der Waals surface area contributed by atoms with E-state index in [0.717, 1.165) is 16.3 Å².